The van der Waals surface area contributed by atoms with Gasteiger partial charge in [0.05, 0.1) is 10.0 Å². The molecule has 2 heterocycles. The molecule has 13 heteroatoms. The molecule has 0 spiro atoms. The number of hydrogen-bond donors (Lipinski definition) is 5. The second-order valence-corrected chi connectivity index (χ2v) is 10.4. The molecule has 2 amide bonds. The molecular formula is C23H32Cl2N4O5S2. The summed E-state index contributed by atoms with van der Waals surface area (Å²) < 4.78 is 4.93. The molecular weight excluding hydrogens is 547 g/mol. The maximum Gasteiger partial charge on any atom is 0.407 e. The van der Waals surface area contributed by atoms with Crippen LogP contribution in [0.15, 0.2) is 35.0 Å². The van der Waals surface area contributed by atoms with Crippen molar-refractivity contribution in [1.29, 1.82) is 0 Å². The van der Waals surface area contributed by atoms with E-state index in [9.17, 15) is 14.4 Å². The number of carboxylic acids is 1. The van der Waals surface area contributed by atoms with E-state index in [4.69, 9.17) is 44.5 Å². The van der Waals surface area contributed by atoms with Crippen LogP contribution in [0.3, 0.4) is 0 Å². The molecule has 36 heavy (non-hydrogen) atoms. The number of halogens is 2. The van der Waals surface area contributed by atoms with Gasteiger partial charge in [0.2, 0.25) is 5.91 Å². The van der Waals surface area contributed by atoms with Crippen molar-refractivity contribution >= 4 is 76.0 Å². The summed E-state index contributed by atoms with van der Waals surface area (Å²) in [5, 5.41) is 18.3. The molecule has 0 saturated heterocycles. The van der Waals surface area contributed by atoms with E-state index in [0.717, 1.165) is 15.8 Å². The third-order valence-corrected chi connectivity index (χ3v) is 5.71. The van der Waals surface area contributed by atoms with E-state index < -0.39 is 17.7 Å². The number of hydrogen-bond acceptors (Lipinski definition) is 8. The maximum atomic E-state index is 11.1. The Labute approximate surface area is 229 Å². The SMILES string of the molecule is CC(C)(C)OC(=O)NCCN.NCCNC(=O)/C=C/c1cc(Cl)cs1.O=C(O)/C=C/c1cc(Cl)cs1. The van der Waals surface area contributed by atoms with Crippen LogP contribution in [0.4, 0.5) is 4.79 Å². The lowest BCUT2D eigenvalue weighted by atomic mass is 10.2. The summed E-state index contributed by atoms with van der Waals surface area (Å²) in [5.74, 6) is -1.09. The summed E-state index contributed by atoms with van der Waals surface area (Å²) >= 11 is 14.2. The van der Waals surface area contributed by atoms with E-state index in [1.165, 1.54) is 34.8 Å². The Kier molecular flexibility index (Phi) is 17.5. The van der Waals surface area contributed by atoms with Crippen molar-refractivity contribution in [3.8, 4) is 0 Å². The molecule has 0 unspecified atom stereocenters. The highest BCUT2D eigenvalue weighted by atomic mass is 35.5. The molecule has 2 aromatic heterocycles. The van der Waals surface area contributed by atoms with Crippen molar-refractivity contribution in [2.24, 2.45) is 11.5 Å². The number of ether oxygens (including phenoxy) is 1. The Hall–Kier alpha value is -2.41. The lowest BCUT2D eigenvalue weighted by Gasteiger charge is -2.19. The van der Waals surface area contributed by atoms with E-state index in [1.807, 2.05) is 26.2 Å². The van der Waals surface area contributed by atoms with Gasteiger partial charge in [0, 0.05) is 58.8 Å². The molecule has 0 atom stereocenters. The van der Waals surface area contributed by atoms with Crippen LogP contribution in [0.5, 0.6) is 0 Å². The average Bonchev–Trinajstić information content (AvgIpc) is 3.40. The molecule has 7 N–H and O–H groups in total. The molecule has 200 valence electrons. The highest BCUT2D eigenvalue weighted by molar-refractivity contribution is 7.11. The van der Waals surface area contributed by atoms with Gasteiger partial charge in [0.25, 0.3) is 0 Å². The molecule has 0 saturated carbocycles. The van der Waals surface area contributed by atoms with Crippen LogP contribution in [-0.4, -0.2) is 54.9 Å². The van der Waals surface area contributed by atoms with Gasteiger partial charge in [-0.1, -0.05) is 23.2 Å². The van der Waals surface area contributed by atoms with E-state index >= 15 is 0 Å². The second kappa shape index (κ2) is 18.8. The van der Waals surface area contributed by atoms with Crippen molar-refractivity contribution < 1.29 is 24.2 Å². The number of carbonyl (C=O) groups excluding carboxylic acids is 2. The fraction of sp³-hybridized carbons (Fsp3) is 0.348. The Morgan fingerprint density at radius 2 is 1.42 bits per heavy atom. The summed E-state index contributed by atoms with van der Waals surface area (Å²) in [6.45, 7) is 7.27. The van der Waals surface area contributed by atoms with Crippen LogP contribution in [0.1, 0.15) is 30.5 Å². The Morgan fingerprint density at radius 1 is 0.944 bits per heavy atom. The van der Waals surface area contributed by atoms with Gasteiger partial charge in [-0.25, -0.2) is 9.59 Å². The molecule has 0 radical (unpaired) electrons. The fourth-order valence-electron chi connectivity index (χ4n) is 1.89. The quantitative estimate of drug-likeness (QED) is 0.289. The van der Waals surface area contributed by atoms with Crippen LogP contribution in [-0.2, 0) is 14.3 Å². The number of carbonyl (C=O) groups is 3. The van der Waals surface area contributed by atoms with Crippen LogP contribution in [0, 0.1) is 0 Å². The number of alkyl carbamates (subject to hydrolysis) is 1. The number of aliphatic carboxylic acids is 1. The number of thiophene rings is 2. The zero-order valence-corrected chi connectivity index (χ0v) is 23.4. The topological polar surface area (TPSA) is 157 Å². The first kappa shape index (κ1) is 33.6. The summed E-state index contributed by atoms with van der Waals surface area (Å²) in [6.07, 6.45) is 5.38. The summed E-state index contributed by atoms with van der Waals surface area (Å²) in [7, 11) is 0. The number of nitrogens with one attached hydrogen (secondary N) is 2. The largest absolute Gasteiger partial charge is 0.478 e. The number of amides is 2. The lowest BCUT2D eigenvalue weighted by Crippen LogP contribution is -2.35. The molecule has 0 aliphatic heterocycles. The molecule has 2 aromatic rings. The molecule has 0 bridgehead atoms. The lowest BCUT2D eigenvalue weighted by molar-refractivity contribution is -0.131. The van der Waals surface area contributed by atoms with Gasteiger partial charge >= 0.3 is 12.1 Å². The van der Waals surface area contributed by atoms with E-state index in [1.54, 1.807) is 23.6 Å². The smallest absolute Gasteiger partial charge is 0.407 e. The van der Waals surface area contributed by atoms with Crippen molar-refractivity contribution in [3.05, 3.63) is 54.8 Å². The van der Waals surface area contributed by atoms with Crippen LogP contribution in [0.2, 0.25) is 10.0 Å². The second-order valence-electron chi connectivity index (χ2n) is 7.64. The number of carboxylic acid groups (broad SMARTS) is 1. The Bertz CT molecular complexity index is 1000. The molecule has 0 aliphatic rings. The molecule has 0 aromatic carbocycles. The first-order chi connectivity index (χ1) is 16.9. The molecule has 0 fully saturated rings. The summed E-state index contributed by atoms with van der Waals surface area (Å²) in [4.78, 5) is 33.8. The average molecular weight is 580 g/mol. The normalized spacial score (nSPS) is 10.8. The van der Waals surface area contributed by atoms with E-state index in [2.05, 4.69) is 10.6 Å². The minimum atomic E-state index is -0.950. The van der Waals surface area contributed by atoms with Crippen molar-refractivity contribution in [2.45, 2.75) is 26.4 Å². The molecule has 2 rings (SSSR count). The van der Waals surface area contributed by atoms with Crippen molar-refractivity contribution in [2.75, 3.05) is 26.2 Å². The highest BCUT2D eigenvalue weighted by Crippen LogP contribution is 2.20. The predicted octanol–water partition coefficient (Wildman–Crippen LogP) is 4.46. The van der Waals surface area contributed by atoms with E-state index in [-0.39, 0.29) is 5.91 Å². The molecule has 9 nitrogen and oxygen atoms in total. The standard InChI is InChI=1S/C9H11ClN2OS.C7H5ClO2S.C7H16N2O2/c10-7-5-8(14-6-7)1-2-9(13)12-4-3-11;8-5-3-6(11-4-5)1-2-7(9)10;1-7(2,3)11-6(10)9-5-4-8/h1-2,5-6H,3-4,11H2,(H,12,13);1-4H,(H,9,10);4-5,8H2,1-3H3,(H,9,10)/b2*2-1+;. The first-order valence-corrected chi connectivity index (χ1v) is 13.1. The third kappa shape index (κ3) is 19.8. The maximum absolute atomic E-state index is 11.1. The predicted molar refractivity (Wildman–Crippen MR) is 150 cm³/mol. The van der Waals surface area contributed by atoms with E-state index in [0.29, 0.717) is 36.2 Å². The van der Waals surface area contributed by atoms with Gasteiger partial charge in [0.1, 0.15) is 5.60 Å². The van der Waals surface area contributed by atoms with Gasteiger partial charge in [-0.15, -0.1) is 22.7 Å². The minimum Gasteiger partial charge on any atom is -0.478 e. The number of rotatable bonds is 8. The van der Waals surface area contributed by atoms with Gasteiger partial charge < -0.3 is 31.9 Å². The minimum absolute atomic E-state index is 0.139. The first-order valence-electron chi connectivity index (χ1n) is 10.6. The molecule has 0 aliphatic carbocycles. The highest BCUT2D eigenvalue weighted by Gasteiger charge is 2.14. The van der Waals surface area contributed by atoms with Crippen LogP contribution < -0.4 is 22.1 Å². The van der Waals surface area contributed by atoms with Gasteiger partial charge in [-0.3, -0.25) is 4.79 Å². The zero-order valence-electron chi connectivity index (χ0n) is 20.3. The number of nitrogens with two attached hydrogens (primary N) is 2. The van der Waals surface area contributed by atoms with Crippen LogP contribution >= 0.6 is 45.9 Å². The third-order valence-electron chi connectivity index (χ3n) is 3.22. The van der Waals surface area contributed by atoms with Crippen LogP contribution in [0.25, 0.3) is 12.2 Å². The monoisotopic (exact) mass is 578 g/mol. The zero-order chi connectivity index (χ0) is 27.6. The van der Waals surface area contributed by atoms with Crippen molar-refractivity contribution in [3.63, 3.8) is 0 Å². The van der Waals surface area contributed by atoms with Crippen molar-refractivity contribution in [1.82, 2.24) is 10.6 Å². The van der Waals surface area contributed by atoms with Gasteiger partial charge in [-0.2, -0.15) is 0 Å². The Balaban J connectivity index is 0.000000517. The Morgan fingerprint density at radius 3 is 1.81 bits per heavy atom. The van der Waals surface area contributed by atoms with Gasteiger partial charge in [-0.05, 0) is 45.1 Å². The summed E-state index contributed by atoms with van der Waals surface area (Å²) in [6, 6.07) is 3.52. The summed E-state index contributed by atoms with van der Waals surface area (Å²) in [5.41, 5.74) is 9.97. The fourth-order valence-corrected chi connectivity index (χ4v) is 3.83. The van der Waals surface area contributed by atoms with Gasteiger partial charge in [0.15, 0.2) is 0 Å².